The molecule has 44 valence electrons. The van der Waals surface area contributed by atoms with Gasteiger partial charge in [0.05, 0.1) is 0 Å². The Morgan fingerprint density at radius 2 is 1.17 bits per heavy atom. The van der Waals surface area contributed by atoms with Gasteiger partial charge in [-0.15, -0.1) is 12.4 Å². The summed E-state index contributed by atoms with van der Waals surface area (Å²) in [6, 6.07) is 0. The molecule has 0 amide bonds. The van der Waals surface area contributed by atoms with Crippen molar-refractivity contribution in [2.75, 3.05) is 13.1 Å². The molecule has 0 saturated heterocycles. The van der Waals surface area contributed by atoms with Crippen LogP contribution in [0.1, 0.15) is 0 Å². The van der Waals surface area contributed by atoms with Crippen molar-refractivity contribution < 1.29 is 21.1 Å². The molecular weight excluding hydrogens is 283 g/mol. The van der Waals surface area contributed by atoms with E-state index in [4.69, 9.17) is 11.5 Å². The molecule has 4 N–H and O–H groups in total. The standard InChI is InChI=1S/C2H8N2.ClH.Pt/c3-1-2-4;;/h1-4H2;1H;. The van der Waals surface area contributed by atoms with E-state index in [1.807, 2.05) is 0 Å². The fourth-order valence-corrected chi connectivity index (χ4v) is 0. The fraction of sp³-hybridized carbons (Fsp3) is 1.00. The van der Waals surface area contributed by atoms with Gasteiger partial charge < -0.3 is 11.5 Å². The van der Waals surface area contributed by atoms with E-state index in [-0.39, 0.29) is 33.5 Å². The Hall–Kier alpha value is 0.898. The monoisotopic (exact) mass is 291 g/mol. The summed E-state index contributed by atoms with van der Waals surface area (Å²) in [5, 5.41) is 0. The predicted molar refractivity (Wildman–Crippen MR) is 25.4 cm³/mol. The maximum atomic E-state index is 4.90. The van der Waals surface area contributed by atoms with Gasteiger partial charge in [0.1, 0.15) is 0 Å². The molecule has 2 nitrogen and oxygen atoms in total. The first-order valence-electron chi connectivity index (χ1n) is 1.32. The molecule has 0 aromatic carbocycles. The van der Waals surface area contributed by atoms with E-state index in [2.05, 4.69) is 0 Å². The quantitative estimate of drug-likeness (QED) is 0.673. The molecule has 0 aromatic heterocycles. The number of halogens is 1. The Kier molecular flexibility index (Phi) is 44.3. The first-order chi connectivity index (χ1) is 1.91. The molecule has 0 spiro atoms. The third-order valence-electron chi connectivity index (χ3n) is 0.167. The molecule has 0 rings (SSSR count). The van der Waals surface area contributed by atoms with Crippen LogP contribution in [0.15, 0.2) is 0 Å². The van der Waals surface area contributed by atoms with Crippen molar-refractivity contribution in [3.05, 3.63) is 0 Å². The van der Waals surface area contributed by atoms with Crippen LogP contribution in [0.5, 0.6) is 0 Å². The second-order valence-electron chi connectivity index (χ2n) is 0.577. The van der Waals surface area contributed by atoms with Gasteiger partial charge in [-0.05, 0) is 0 Å². The molecule has 0 fully saturated rings. The third-order valence-corrected chi connectivity index (χ3v) is 0.167. The zero-order chi connectivity index (χ0) is 3.41. The summed E-state index contributed by atoms with van der Waals surface area (Å²) in [4.78, 5) is 0. The van der Waals surface area contributed by atoms with Crippen LogP contribution in [0.4, 0.5) is 0 Å². The molecule has 0 aliphatic heterocycles. The smallest absolute Gasteiger partial charge is 0.00461 e. The number of hydrogen-bond acceptors (Lipinski definition) is 2. The van der Waals surface area contributed by atoms with Crippen molar-refractivity contribution in [1.82, 2.24) is 0 Å². The minimum Gasteiger partial charge on any atom is -0.329 e. The van der Waals surface area contributed by atoms with Crippen molar-refractivity contribution in [3.8, 4) is 0 Å². The Morgan fingerprint density at radius 3 is 1.17 bits per heavy atom. The average molecular weight is 292 g/mol. The molecular formula is C2H9ClN2Pt. The molecule has 0 bridgehead atoms. The Balaban J connectivity index is -0.0000000450. The van der Waals surface area contributed by atoms with Gasteiger partial charge in [0.15, 0.2) is 0 Å². The van der Waals surface area contributed by atoms with Gasteiger partial charge in [-0.25, -0.2) is 0 Å². The van der Waals surface area contributed by atoms with Gasteiger partial charge in [-0.3, -0.25) is 0 Å². The first kappa shape index (κ1) is 15.8. The van der Waals surface area contributed by atoms with Crippen LogP contribution in [-0.2, 0) is 21.1 Å². The van der Waals surface area contributed by atoms with Crippen molar-refractivity contribution in [3.63, 3.8) is 0 Å². The van der Waals surface area contributed by atoms with Gasteiger partial charge in [0.25, 0.3) is 0 Å². The summed E-state index contributed by atoms with van der Waals surface area (Å²) in [7, 11) is 0. The SMILES string of the molecule is Cl.NCCN.[Pt]. The molecule has 4 heteroatoms. The maximum Gasteiger partial charge on any atom is 0.00461 e. The van der Waals surface area contributed by atoms with E-state index in [1.165, 1.54) is 0 Å². The van der Waals surface area contributed by atoms with Gasteiger partial charge >= 0.3 is 0 Å². The van der Waals surface area contributed by atoms with Crippen LogP contribution in [0, 0.1) is 0 Å². The molecule has 0 aromatic rings. The molecule has 0 aliphatic rings. The minimum absolute atomic E-state index is 0. The minimum atomic E-state index is 0. The van der Waals surface area contributed by atoms with E-state index in [9.17, 15) is 0 Å². The molecule has 0 heterocycles. The van der Waals surface area contributed by atoms with Gasteiger partial charge in [0, 0.05) is 34.2 Å². The second-order valence-corrected chi connectivity index (χ2v) is 0.577. The number of hydrogen-bond donors (Lipinski definition) is 2. The van der Waals surface area contributed by atoms with E-state index in [1.54, 1.807) is 0 Å². The predicted octanol–water partition coefficient (Wildman–Crippen LogP) is -0.677. The van der Waals surface area contributed by atoms with Crippen LogP contribution >= 0.6 is 12.4 Å². The second kappa shape index (κ2) is 16.8. The number of nitrogens with two attached hydrogens (primary N) is 2. The normalized spacial score (nSPS) is 5.00. The zero-order valence-electron chi connectivity index (χ0n) is 3.29. The van der Waals surface area contributed by atoms with Crippen LogP contribution in [0.25, 0.3) is 0 Å². The molecule has 0 unspecified atom stereocenters. The number of rotatable bonds is 1. The zero-order valence-corrected chi connectivity index (χ0v) is 6.38. The summed E-state index contributed by atoms with van der Waals surface area (Å²) in [5.41, 5.74) is 9.81. The topological polar surface area (TPSA) is 52.0 Å². The molecule has 6 heavy (non-hydrogen) atoms. The third kappa shape index (κ3) is 20.7. The van der Waals surface area contributed by atoms with E-state index in [0.717, 1.165) is 0 Å². The Morgan fingerprint density at radius 1 is 1.00 bits per heavy atom. The molecule has 0 aliphatic carbocycles. The van der Waals surface area contributed by atoms with Crippen molar-refractivity contribution in [1.29, 1.82) is 0 Å². The van der Waals surface area contributed by atoms with Crippen LogP contribution < -0.4 is 11.5 Å². The van der Waals surface area contributed by atoms with Crippen LogP contribution in [0.2, 0.25) is 0 Å². The average Bonchev–Trinajstić information content (AvgIpc) is 1.37. The summed E-state index contributed by atoms with van der Waals surface area (Å²) < 4.78 is 0. The first-order valence-corrected chi connectivity index (χ1v) is 1.32. The summed E-state index contributed by atoms with van der Waals surface area (Å²) >= 11 is 0. The van der Waals surface area contributed by atoms with Crippen molar-refractivity contribution >= 4 is 12.4 Å². The van der Waals surface area contributed by atoms with Gasteiger partial charge in [-0.2, -0.15) is 0 Å². The van der Waals surface area contributed by atoms with Gasteiger partial charge in [-0.1, -0.05) is 0 Å². The molecule has 0 atom stereocenters. The molecule has 0 saturated carbocycles. The van der Waals surface area contributed by atoms with E-state index < -0.39 is 0 Å². The van der Waals surface area contributed by atoms with Crippen LogP contribution in [-0.4, -0.2) is 13.1 Å². The summed E-state index contributed by atoms with van der Waals surface area (Å²) in [5.74, 6) is 0. The largest absolute Gasteiger partial charge is 0.329 e. The van der Waals surface area contributed by atoms with Gasteiger partial charge in [0.2, 0.25) is 0 Å². The van der Waals surface area contributed by atoms with E-state index in [0.29, 0.717) is 13.1 Å². The maximum absolute atomic E-state index is 4.90. The van der Waals surface area contributed by atoms with Crippen molar-refractivity contribution in [2.24, 2.45) is 11.5 Å². The van der Waals surface area contributed by atoms with Crippen LogP contribution in [0.3, 0.4) is 0 Å². The van der Waals surface area contributed by atoms with E-state index >= 15 is 0 Å². The Bertz CT molecular complexity index is 13.5. The summed E-state index contributed by atoms with van der Waals surface area (Å²) in [6.45, 7) is 1.19. The summed E-state index contributed by atoms with van der Waals surface area (Å²) in [6.07, 6.45) is 0. The van der Waals surface area contributed by atoms with Crippen molar-refractivity contribution in [2.45, 2.75) is 0 Å². The fourth-order valence-electron chi connectivity index (χ4n) is 0. The molecule has 0 radical (unpaired) electrons. The Labute approximate surface area is 58.3 Å².